The average molecular weight is 320 g/mol. The number of aliphatic hydroxyl groups is 1. The monoisotopic (exact) mass is 320 g/mol. The second-order valence-corrected chi connectivity index (χ2v) is 6.72. The molecule has 23 heavy (non-hydrogen) atoms. The standard InChI is InChI=1S/C18H25FN2O2/c19-16-5-3-14(4-6-16)15-7-10-20(11-8-15)12-17(22)13-21-9-1-2-18(21)23/h3-6,15,17,22H,1-2,7-13H2. The van der Waals surface area contributed by atoms with E-state index in [4.69, 9.17) is 0 Å². The summed E-state index contributed by atoms with van der Waals surface area (Å²) >= 11 is 0. The fourth-order valence-electron chi connectivity index (χ4n) is 3.69. The Morgan fingerprint density at radius 3 is 2.43 bits per heavy atom. The normalized spacial score (nSPS) is 21.8. The van der Waals surface area contributed by atoms with Gasteiger partial charge in [-0.25, -0.2) is 4.39 Å². The lowest BCUT2D eigenvalue weighted by Crippen LogP contribution is -2.43. The molecule has 1 atom stereocenters. The van der Waals surface area contributed by atoms with Gasteiger partial charge in [0.15, 0.2) is 0 Å². The molecule has 2 aliphatic rings. The molecule has 0 saturated carbocycles. The van der Waals surface area contributed by atoms with E-state index in [1.807, 2.05) is 12.1 Å². The summed E-state index contributed by atoms with van der Waals surface area (Å²) in [5.74, 6) is 0.453. The van der Waals surface area contributed by atoms with Crippen LogP contribution in [0.15, 0.2) is 24.3 Å². The molecule has 126 valence electrons. The van der Waals surface area contributed by atoms with Crippen molar-refractivity contribution in [2.45, 2.75) is 37.7 Å². The molecule has 1 aromatic carbocycles. The fraction of sp³-hybridized carbons (Fsp3) is 0.611. The van der Waals surface area contributed by atoms with Crippen LogP contribution < -0.4 is 0 Å². The van der Waals surface area contributed by atoms with E-state index < -0.39 is 6.10 Å². The lowest BCUT2D eigenvalue weighted by Gasteiger charge is -2.34. The van der Waals surface area contributed by atoms with Crippen molar-refractivity contribution in [1.82, 2.24) is 9.80 Å². The van der Waals surface area contributed by atoms with Gasteiger partial charge in [-0.05, 0) is 56.0 Å². The average Bonchev–Trinajstić information content (AvgIpc) is 2.94. The van der Waals surface area contributed by atoms with Gasteiger partial charge >= 0.3 is 0 Å². The molecule has 5 heteroatoms. The number of hydrogen-bond acceptors (Lipinski definition) is 3. The summed E-state index contributed by atoms with van der Waals surface area (Å²) in [6.07, 6.45) is 3.12. The molecule has 1 aromatic rings. The number of halogens is 1. The van der Waals surface area contributed by atoms with E-state index in [0.717, 1.165) is 38.9 Å². The summed E-state index contributed by atoms with van der Waals surface area (Å²) in [6.45, 7) is 3.74. The van der Waals surface area contributed by atoms with Crippen LogP contribution in [0.4, 0.5) is 4.39 Å². The number of hydrogen-bond donors (Lipinski definition) is 1. The maximum atomic E-state index is 13.0. The number of amides is 1. The van der Waals surface area contributed by atoms with Gasteiger partial charge in [0.1, 0.15) is 5.82 Å². The number of carbonyl (C=O) groups excluding carboxylic acids is 1. The van der Waals surface area contributed by atoms with Crippen molar-refractivity contribution >= 4 is 5.91 Å². The van der Waals surface area contributed by atoms with Gasteiger partial charge in [0.25, 0.3) is 0 Å². The summed E-state index contributed by atoms with van der Waals surface area (Å²) < 4.78 is 13.0. The smallest absolute Gasteiger partial charge is 0.222 e. The Balaban J connectivity index is 1.43. The predicted octanol–water partition coefficient (Wildman–Crippen LogP) is 1.99. The van der Waals surface area contributed by atoms with Crippen molar-refractivity contribution in [1.29, 1.82) is 0 Å². The second-order valence-electron chi connectivity index (χ2n) is 6.72. The Hall–Kier alpha value is -1.46. The van der Waals surface area contributed by atoms with Crippen molar-refractivity contribution in [3.8, 4) is 0 Å². The van der Waals surface area contributed by atoms with E-state index in [1.165, 1.54) is 17.7 Å². The fourth-order valence-corrected chi connectivity index (χ4v) is 3.69. The number of β-amino-alcohol motifs (C(OH)–C–C–N with tert-alkyl or cyclic N) is 1. The van der Waals surface area contributed by atoms with Crippen LogP contribution in [0.1, 0.15) is 37.2 Å². The number of rotatable bonds is 5. The highest BCUT2D eigenvalue weighted by atomic mass is 19.1. The van der Waals surface area contributed by atoms with Gasteiger partial charge in [-0.2, -0.15) is 0 Å². The molecule has 0 aliphatic carbocycles. The Morgan fingerprint density at radius 2 is 1.83 bits per heavy atom. The highest BCUT2D eigenvalue weighted by Crippen LogP contribution is 2.28. The molecule has 0 aromatic heterocycles. The van der Waals surface area contributed by atoms with Gasteiger partial charge in [0, 0.05) is 26.1 Å². The lowest BCUT2D eigenvalue weighted by molar-refractivity contribution is -0.129. The summed E-state index contributed by atoms with van der Waals surface area (Å²) in [4.78, 5) is 15.6. The minimum absolute atomic E-state index is 0.166. The number of nitrogens with zero attached hydrogens (tertiary/aromatic N) is 2. The predicted molar refractivity (Wildman–Crippen MR) is 86.6 cm³/mol. The summed E-state index contributed by atoms with van der Waals surface area (Å²) in [5.41, 5.74) is 1.20. The van der Waals surface area contributed by atoms with Crippen LogP contribution in [0.25, 0.3) is 0 Å². The molecule has 4 nitrogen and oxygen atoms in total. The Bertz CT molecular complexity index is 526. The highest BCUT2D eigenvalue weighted by Gasteiger charge is 2.25. The van der Waals surface area contributed by atoms with Crippen LogP contribution in [-0.4, -0.2) is 59.6 Å². The zero-order chi connectivity index (χ0) is 16.2. The van der Waals surface area contributed by atoms with Gasteiger partial charge in [0.05, 0.1) is 6.10 Å². The number of carbonyl (C=O) groups is 1. The minimum atomic E-state index is -0.473. The van der Waals surface area contributed by atoms with Gasteiger partial charge < -0.3 is 14.9 Å². The Kier molecular flexibility index (Phi) is 5.28. The first-order valence-corrected chi connectivity index (χ1v) is 8.55. The molecule has 0 spiro atoms. The minimum Gasteiger partial charge on any atom is -0.390 e. The Labute approximate surface area is 136 Å². The Morgan fingerprint density at radius 1 is 1.13 bits per heavy atom. The largest absolute Gasteiger partial charge is 0.390 e. The van der Waals surface area contributed by atoms with E-state index in [1.54, 1.807) is 4.90 Å². The number of aliphatic hydroxyl groups excluding tert-OH is 1. The summed E-state index contributed by atoms with van der Waals surface area (Å²) in [6, 6.07) is 6.81. The van der Waals surface area contributed by atoms with E-state index in [-0.39, 0.29) is 11.7 Å². The zero-order valence-electron chi connectivity index (χ0n) is 13.5. The number of likely N-dealkylation sites (tertiary alicyclic amines) is 2. The third-order valence-electron chi connectivity index (χ3n) is 5.00. The molecule has 2 heterocycles. The molecule has 0 radical (unpaired) electrons. The first-order valence-electron chi connectivity index (χ1n) is 8.55. The third kappa shape index (κ3) is 4.30. The van der Waals surface area contributed by atoms with Crippen molar-refractivity contribution in [3.63, 3.8) is 0 Å². The van der Waals surface area contributed by atoms with Crippen LogP contribution in [0.3, 0.4) is 0 Å². The van der Waals surface area contributed by atoms with E-state index >= 15 is 0 Å². The van der Waals surface area contributed by atoms with Crippen molar-refractivity contribution in [2.75, 3.05) is 32.7 Å². The molecule has 3 rings (SSSR count). The van der Waals surface area contributed by atoms with Gasteiger partial charge in [-0.3, -0.25) is 4.79 Å². The van der Waals surface area contributed by atoms with Crippen LogP contribution in [0.5, 0.6) is 0 Å². The van der Waals surface area contributed by atoms with Crippen molar-refractivity contribution in [3.05, 3.63) is 35.6 Å². The summed E-state index contributed by atoms with van der Waals surface area (Å²) in [5, 5.41) is 10.2. The number of benzene rings is 1. The molecule has 2 fully saturated rings. The van der Waals surface area contributed by atoms with Gasteiger partial charge in [-0.1, -0.05) is 12.1 Å². The quantitative estimate of drug-likeness (QED) is 0.902. The van der Waals surface area contributed by atoms with Gasteiger partial charge in [0.2, 0.25) is 5.91 Å². The maximum absolute atomic E-state index is 13.0. The molecular weight excluding hydrogens is 295 g/mol. The molecule has 2 aliphatic heterocycles. The summed E-state index contributed by atoms with van der Waals surface area (Å²) in [7, 11) is 0. The van der Waals surface area contributed by atoms with Gasteiger partial charge in [-0.15, -0.1) is 0 Å². The second kappa shape index (κ2) is 7.41. The molecule has 1 N–H and O–H groups in total. The van der Waals surface area contributed by atoms with E-state index in [9.17, 15) is 14.3 Å². The SMILES string of the molecule is O=C1CCCN1CC(O)CN1CCC(c2ccc(F)cc2)CC1. The van der Waals surface area contributed by atoms with Crippen LogP contribution >= 0.6 is 0 Å². The van der Waals surface area contributed by atoms with Crippen LogP contribution in [0.2, 0.25) is 0 Å². The first-order chi connectivity index (χ1) is 11.1. The van der Waals surface area contributed by atoms with Crippen LogP contribution in [-0.2, 0) is 4.79 Å². The molecular formula is C18H25FN2O2. The third-order valence-corrected chi connectivity index (χ3v) is 5.00. The molecule has 1 unspecified atom stereocenters. The topological polar surface area (TPSA) is 43.8 Å². The first kappa shape index (κ1) is 16.4. The maximum Gasteiger partial charge on any atom is 0.222 e. The number of piperidine rings is 1. The molecule has 0 bridgehead atoms. The van der Waals surface area contributed by atoms with Crippen molar-refractivity contribution < 1.29 is 14.3 Å². The van der Waals surface area contributed by atoms with Crippen molar-refractivity contribution in [2.24, 2.45) is 0 Å². The highest BCUT2D eigenvalue weighted by molar-refractivity contribution is 5.78. The zero-order valence-corrected chi connectivity index (χ0v) is 13.5. The van der Waals surface area contributed by atoms with Crippen LogP contribution in [0, 0.1) is 5.82 Å². The van der Waals surface area contributed by atoms with E-state index in [0.29, 0.717) is 25.4 Å². The molecule has 1 amide bonds. The van der Waals surface area contributed by atoms with E-state index in [2.05, 4.69) is 4.90 Å². The lowest BCUT2D eigenvalue weighted by atomic mass is 9.89. The molecule has 2 saturated heterocycles.